The van der Waals surface area contributed by atoms with Gasteiger partial charge in [-0.05, 0) is 66.7 Å². The van der Waals surface area contributed by atoms with E-state index in [1.165, 1.54) is 11.1 Å². The molecule has 0 saturated carbocycles. The third-order valence-electron chi connectivity index (χ3n) is 7.34. The molecule has 184 valence electrons. The molecule has 1 aliphatic rings. The Balaban J connectivity index is 2.01. The number of fused-ring (bicyclic) bond motifs is 1. The van der Waals surface area contributed by atoms with Crippen molar-refractivity contribution in [1.29, 1.82) is 5.26 Å². The van der Waals surface area contributed by atoms with Gasteiger partial charge in [-0.1, -0.05) is 45.0 Å². The number of methoxy groups -OCH3 is 2. The number of hydrogen-bond acceptors (Lipinski definition) is 5. The lowest BCUT2D eigenvalue weighted by atomic mass is 9.99. The van der Waals surface area contributed by atoms with Crippen molar-refractivity contribution in [2.24, 2.45) is 0 Å². The minimum absolute atomic E-state index is 0.00487. The predicted octanol–water partition coefficient (Wildman–Crippen LogP) is 6.54. The van der Waals surface area contributed by atoms with Crippen LogP contribution in [0.5, 0.6) is 11.5 Å². The van der Waals surface area contributed by atoms with E-state index in [-0.39, 0.29) is 17.6 Å². The highest BCUT2D eigenvalue weighted by Crippen LogP contribution is 2.43. The summed E-state index contributed by atoms with van der Waals surface area (Å²) in [5, 5.41) is 9.77. The lowest BCUT2D eigenvalue weighted by Gasteiger charge is -2.41. The van der Waals surface area contributed by atoms with E-state index in [0.717, 1.165) is 35.5 Å². The summed E-state index contributed by atoms with van der Waals surface area (Å²) in [6.45, 7) is 13.1. The SMILES string of the molecule is COc1cc([C@@H](O[Si](C)(C)C(C)(C)C)[C@H](CC#N)OC2Cc3ccccc3C2)cc(OC)c1C. The van der Waals surface area contributed by atoms with Crippen LogP contribution in [0.2, 0.25) is 18.1 Å². The third-order valence-corrected chi connectivity index (χ3v) is 11.8. The summed E-state index contributed by atoms with van der Waals surface area (Å²) in [6.07, 6.45) is 1.15. The predicted molar refractivity (Wildman–Crippen MR) is 138 cm³/mol. The first kappa shape index (κ1) is 26.3. The van der Waals surface area contributed by atoms with Crippen molar-refractivity contribution in [3.63, 3.8) is 0 Å². The van der Waals surface area contributed by atoms with E-state index in [0.29, 0.717) is 0 Å². The molecule has 0 amide bonds. The van der Waals surface area contributed by atoms with Gasteiger partial charge in [0, 0.05) is 5.56 Å². The van der Waals surface area contributed by atoms with Gasteiger partial charge in [0.2, 0.25) is 0 Å². The molecule has 0 heterocycles. The normalized spacial score (nSPS) is 16.0. The van der Waals surface area contributed by atoms with Gasteiger partial charge in [0.25, 0.3) is 0 Å². The molecule has 0 fully saturated rings. The van der Waals surface area contributed by atoms with Crippen LogP contribution in [-0.4, -0.2) is 34.7 Å². The maximum Gasteiger partial charge on any atom is 0.193 e. The van der Waals surface area contributed by atoms with Crippen molar-refractivity contribution in [2.75, 3.05) is 14.2 Å². The Hall–Kier alpha value is -2.33. The molecule has 0 aliphatic heterocycles. The molecule has 0 saturated heterocycles. The standard InChI is InChI=1S/C28H39NO4Si/c1-19-25(30-5)17-22(18-26(19)31-6)27(33-34(7,8)28(2,3)4)24(13-14-29)32-23-15-20-11-9-10-12-21(20)16-23/h9-12,17-18,23-24,27H,13,15-16H2,1-8H3/t24-,27+/m0/s1. The number of benzene rings is 2. The van der Waals surface area contributed by atoms with Gasteiger partial charge < -0.3 is 18.6 Å². The Kier molecular flexibility index (Phi) is 8.13. The van der Waals surface area contributed by atoms with Crippen LogP contribution in [0.25, 0.3) is 0 Å². The summed E-state index contributed by atoms with van der Waals surface area (Å²) in [5.74, 6) is 1.48. The number of nitriles is 1. The molecule has 1 aliphatic carbocycles. The number of hydrogen-bond donors (Lipinski definition) is 0. The zero-order valence-electron chi connectivity index (χ0n) is 21.9. The van der Waals surface area contributed by atoms with Crippen molar-refractivity contribution >= 4 is 8.32 Å². The zero-order valence-corrected chi connectivity index (χ0v) is 22.9. The van der Waals surface area contributed by atoms with Crippen LogP contribution >= 0.6 is 0 Å². The summed E-state index contributed by atoms with van der Waals surface area (Å²) in [4.78, 5) is 0. The lowest BCUT2D eigenvalue weighted by molar-refractivity contribution is -0.0673. The molecule has 2 atom stereocenters. The van der Waals surface area contributed by atoms with E-state index in [2.05, 4.69) is 64.2 Å². The molecule has 0 unspecified atom stereocenters. The summed E-state index contributed by atoms with van der Waals surface area (Å²) < 4.78 is 25.0. The highest BCUT2D eigenvalue weighted by molar-refractivity contribution is 6.74. The molecule has 0 radical (unpaired) electrons. The molecule has 2 aromatic rings. The molecule has 2 aromatic carbocycles. The minimum atomic E-state index is -2.20. The zero-order chi connectivity index (χ0) is 25.1. The first-order chi connectivity index (χ1) is 16.0. The van der Waals surface area contributed by atoms with E-state index in [9.17, 15) is 5.26 Å². The Morgan fingerprint density at radius 2 is 1.56 bits per heavy atom. The summed E-state index contributed by atoms with van der Waals surface area (Å²) >= 11 is 0. The molecule has 0 spiro atoms. The lowest BCUT2D eigenvalue weighted by Crippen LogP contribution is -2.45. The number of rotatable bonds is 9. The van der Waals surface area contributed by atoms with Crippen LogP contribution in [0.1, 0.15) is 55.5 Å². The second kappa shape index (κ2) is 10.5. The van der Waals surface area contributed by atoms with Crippen molar-refractivity contribution in [3.8, 4) is 17.6 Å². The molecular weight excluding hydrogens is 442 g/mol. The molecule has 3 rings (SSSR count). The fourth-order valence-corrected chi connectivity index (χ4v) is 5.58. The van der Waals surface area contributed by atoms with Gasteiger partial charge >= 0.3 is 0 Å². The monoisotopic (exact) mass is 481 g/mol. The Bertz CT molecular complexity index is 987. The van der Waals surface area contributed by atoms with Crippen LogP contribution in [0.15, 0.2) is 36.4 Å². The number of nitrogens with zero attached hydrogens (tertiary/aromatic N) is 1. The number of ether oxygens (including phenoxy) is 3. The maximum atomic E-state index is 9.76. The summed E-state index contributed by atoms with van der Waals surface area (Å²) in [6, 6.07) is 14.8. The van der Waals surface area contributed by atoms with Crippen molar-refractivity contribution in [3.05, 3.63) is 58.7 Å². The van der Waals surface area contributed by atoms with Gasteiger partial charge in [-0.25, -0.2) is 0 Å². The second-order valence-electron chi connectivity index (χ2n) is 10.7. The van der Waals surface area contributed by atoms with Crippen LogP contribution in [0.3, 0.4) is 0 Å². The van der Waals surface area contributed by atoms with E-state index in [1.54, 1.807) is 14.2 Å². The van der Waals surface area contributed by atoms with Gasteiger partial charge in [0.15, 0.2) is 8.32 Å². The highest BCUT2D eigenvalue weighted by atomic mass is 28.4. The molecule has 0 N–H and O–H groups in total. The smallest absolute Gasteiger partial charge is 0.193 e. The quantitative estimate of drug-likeness (QED) is 0.381. The van der Waals surface area contributed by atoms with Gasteiger partial charge in [0.1, 0.15) is 11.5 Å². The first-order valence-electron chi connectivity index (χ1n) is 12.0. The average molecular weight is 482 g/mol. The molecule has 34 heavy (non-hydrogen) atoms. The molecule has 0 aromatic heterocycles. The van der Waals surface area contributed by atoms with Gasteiger partial charge in [0.05, 0.1) is 45.0 Å². The third kappa shape index (κ3) is 5.65. The maximum absolute atomic E-state index is 9.76. The van der Waals surface area contributed by atoms with Gasteiger partial charge in [-0.2, -0.15) is 5.26 Å². The average Bonchev–Trinajstić information content (AvgIpc) is 3.19. The van der Waals surface area contributed by atoms with Crippen molar-refractivity contribution in [1.82, 2.24) is 0 Å². The summed E-state index contributed by atoms with van der Waals surface area (Å²) in [5.41, 5.74) is 4.50. The highest BCUT2D eigenvalue weighted by Gasteiger charge is 2.42. The molecule has 6 heteroatoms. The summed E-state index contributed by atoms with van der Waals surface area (Å²) in [7, 11) is 1.12. The van der Waals surface area contributed by atoms with E-state index in [4.69, 9.17) is 18.6 Å². The van der Waals surface area contributed by atoms with Gasteiger partial charge in [-0.15, -0.1) is 0 Å². The molecule has 0 bridgehead atoms. The minimum Gasteiger partial charge on any atom is -0.496 e. The second-order valence-corrected chi connectivity index (χ2v) is 15.4. The Morgan fingerprint density at radius 1 is 1.03 bits per heavy atom. The van der Waals surface area contributed by atoms with Crippen LogP contribution in [-0.2, 0) is 22.0 Å². The molecule has 5 nitrogen and oxygen atoms in total. The fourth-order valence-electron chi connectivity index (χ4n) is 4.30. The first-order valence-corrected chi connectivity index (χ1v) is 14.9. The van der Waals surface area contributed by atoms with Crippen molar-refractivity contribution in [2.45, 2.75) is 83.4 Å². The van der Waals surface area contributed by atoms with Gasteiger partial charge in [-0.3, -0.25) is 0 Å². The van der Waals surface area contributed by atoms with E-state index >= 15 is 0 Å². The van der Waals surface area contributed by atoms with Crippen molar-refractivity contribution < 1.29 is 18.6 Å². The topological polar surface area (TPSA) is 60.7 Å². The van der Waals surface area contributed by atoms with Crippen LogP contribution in [0, 0.1) is 18.3 Å². The largest absolute Gasteiger partial charge is 0.496 e. The Labute approximate surface area is 206 Å². The van der Waals surface area contributed by atoms with E-state index < -0.39 is 20.5 Å². The molecular formula is C28H39NO4Si. The van der Waals surface area contributed by atoms with Crippen LogP contribution < -0.4 is 9.47 Å². The Morgan fingerprint density at radius 3 is 2.00 bits per heavy atom. The van der Waals surface area contributed by atoms with Crippen LogP contribution in [0.4, 0.5) is 0 Å². The fraction of sp³-hybridized carbons (Fsp3) is 0.536. The van der Waals surface area contributed by atoms with E-state index in [1.807, 2.05) is 19.1 Å².